The Bertz CT molecular complexity index is 1270. The van der Waals surface area contributed by atoms with Crippen LogP contribution in [0.4, 0.5) is 0 Å². The topological polar surface area (TPSA) is 85.8 Å². The van der Waals surface area contributed by atoms with Crippen molar-refractivity contribution in [3.8, 4) is 5.75 Å². The van der Waals surface area contributed by atoms with E-state index in [1.54, 1.807) is 25.1 Å². The molecule has 1 N–H and O–H groups in total. The van der Waals surface area contributed by atoms with Crippen molar-refractivity contribution >= 4 is 22.5 Å². The van der Waals surface area contributed by atoms with Crippen molar-refractivity contribution in [3.05, 3.63) is 76.0 Å². The summed E-state index contributed by atoms with van der Waals surface area (Å²) in [5.74, 6) is 0.287. The number of imidazole rings is 1. The number of aromatic nitrogens is 2. The molecule has 3 aromatic heterocycles. The van der Waals surface area contributed by atoms with Crippen LogP contribution >= 0.6 is 0 Å². The average molecular weight is 391 g/mol. The van der Waals surface area contributed by atoms with Crippen molar-refractivity contribution in [1.29, 1.82) is 0 Å². The molecule has 1 atom stereocenters. The standard InChI is InChI=1S/C22H21N3O4/c1-13-4-7-20-24-16(12-25(20)11-13)10-23-22(27)15(3)28-17-5-6-19-18(9-17)14(2)8-21(26)29-19/h4-9,11-12,15H,10H2,1-3H3,(H,23,27). The molecule has 0 radical (unpaired) electrons. The SMILES string of the molecule is Cc1ccc2nc(CNC(=O)C(C)Oc3ccc4oc(=O)cc(C)c4c3)cn2c1. The third-order valence-electron chi connectivity index (χ3n) is 4.70. The number of carbonyl (C=O) groups excluding carboxylic acids is 1. The molecule has 0 bridgehead atoms. The molecule has 4 rings (SSSR count). The second-order valence-electron chi connectivity index (χ2n) is 7.09. The predicted octanol–water partition coefficient (Wildman–Crippen LogP) is 3.14. The van der Waals surface area contributed by atoms with Crippen molar-refractivity contribution in [1.82, 2.24) is 14.7 Å². The molecule has 7 nitrogen and oxygen atoms in total. The van der Waals surface area contributed by atoms with Crippen LogP contribution in [0.1, 0.15) is 23.7 Å². The first-order valence-electron chi connectivity index (χ1n) is 9.32. The second-order valence-corrected chi connectivity index (χ2v) is 7.09. The van der Waals surface area contributed by atoms with E-state index in [1.807, 2.05) is 42.8 Å². The number of amides is 1. The minimum Gasteiger partial charge on any atom is -0.481 e. The highest BCUT2D eigenvalue weighted by Gasteiger charge is 2.16. The Kier molecular flexibility index (Phi) is 4.80. The Hall–Kier alpha value is -3.61. The Morgan fingerprint density at radius 3 is 2.86 bits per heavy atom. The van der Waals surface area contributed by atoms with Crippen LogP contribution in [0.5, 0.6) is 5.75 Å². The van der Waals surface area contributed by atoms with Crippen molar-refractivity contribution in [2.75, 3.05) is 0 Å². The zero-order valence-corrected chi connectivity index (χ0v) is 16.4. The van der Waals surface area contributed by atoms with Gasteiger partial charge in [-0.15, -0.1) is 0 Å². The largest absolute Gasteiger partial charge is 0.481 e. The molecule has 0 aliphatic carbocycles. The molecule has 0 aliphatic rings. The van der Waals surface area contributed by atoms with Gasteiger partial charge in [-0.25, -0.2) is 9.78 Å². The van der Waals surface area contributed by atoms with Crippen molar-refractivity contribution in [3.63, 3.8) is 0 Å². The molecule has 0 spiro atoms. The number of nitrogens with zero attached hydrogens (tertiary/aromatic N) is 2. The maximum Gasteiger partial charge on any atom is 0.336 e. The van der Waals surface area contributed by atoms with Gasteiger partial charge < -0.3 is 18.9 Å². The third-order valence-corrected chi connectivity index (χ3v) is 4.70. The van der Waals surface area contributed by atoms with Gasteiger partial charge in [-0.2, -0.15) is 0 Å². The van der Waals surface area contributed by atoms with Gasteiger partial charge in [0.2, 0.25) is 0 Å². The molecular weight excluding hydrogens is 370 g/mol. The Morgan fingerprint density at radius 2 is 2.03 bits per heavy atom. The summed E-state index contributed by atoms with van der Waals surface area (Å²) in [6, 6.07) is 10.5. The number of carbonyl (C=O) groups is 1. The van der Waals surface area contributed by atoms with E-state index in [0.29, 0.717) is 17.9 Å². The molecule has 1 aromatic carbocycles. The second kappa shape index (κ2) is 7.43. The normalized spacial score (nSPS) is 12.2. The number of rotatable bonds is 5. The molecular formula is C22H21N3O4. The number of benzene rings is 1. The number of nitrogens with one attached hydrogen (secondary N) is 1. The van der Waals surface area contributed by atoms with Gasteiger partial charge in [0.25, 0.3) is 5.91 Å². The molecule has 0 aliphatic heterocycles. The number of pyridine rings is 1. The van der Waals surface area contributed by atoms with Crippen molar-refractivity contribution in [2.45, 2.75) is 33.4 Å². The Labute approximate surface area is 166 Å². The minimum atomic E-state index is -0.692. The lowest BCUT2D eigenvalue weighted by molar-refractivity contribution is -0.127. The number of ether oxygens (including phenoxy) is 1. The van der Waals surface area contributed by atoms with Crippen LogP contribution in [0, 0.1) is 13.8 Å². The summed E-state index contributed by atoms with van der Waals surface area (Å²) in [7, 11) is 0. The van der Waals surface area contributed by atoms with Crippen LogP contribution in [0.25, 0.3) is 16.6 Å². The number of fused-ring (bicyclic) bond motifs is 2. The molecule has 3 heterocycles. The molecule has 29 heavy (non-hydrogen) atoms. The van der Waals surface area contributed by atoms with Gasteiger partial charge >= 0.3 is 5.63 Å². The van der Waals surface area contributed by atoms with Crippen LogP contribution < -0.4 is 15.7 Å². The monoisotopic (exact) mass is 391 g/mol. The lowest BCUT2D eigenvalue weighted by atomic mass is 10.1. The van der Waals surface area contributed by atoms with Crippen LogP contribution in [-0.4, -0.2) is 21.4 Å². The molecule has 0 saturated carbocycles. The maximum absolute atomic E-state index is 12.4. The van der Waals surface area contributed by atoms with E-state index in [1.165, 1.54) is 6.07 Å². The first-order chi connectivity index (χ1) is 13.9. The first-order valence-corrected chi connectivity index (χ1v) is 9.32. The van der Waals surface area contributed by atoms with Crippen molar-refractivity contribution < 1.29 is 13.9 Å². The van der Waals surface area contributed by atoms with Crippen LogP contribution in [0.3, 0.4) is 0 Å². The molecule has 148 valence electrons. The fraction of sp³-hybridized carbons (Fsp3) is 0.227. The van der Waals surface area contributed by atoms with Crippen molar-refractivity contribution in [2.24, 2.45) is 0 Å². The van der Waals surface area contributed by atoms with Gasteiger partial charge in [0, 0.05) is 23.8 Å². The zero-order valence-electron chi connectivity index (χ0n) is 16.4. The molecule has 7 heteroatoms. The first kappa shape index (κ1) is 18.7. The summed E-state index contributed by atoms with van der Waals surface area (Å²) in [5, 5.41) is 3.62. The quantitative estimate of drug-likeness (QED) is 0.528. The number of hydrogen-bond acceptors (Lipinski definition) is 5. The smallest absolute Gasteiger partial charge is 0.336 e. The van der Waals surface area contributed by atoms with E-state index in [-0.39, 0.29) is 5.91 Å². The summed E-state index contributed by atoms with van der Waals surface area (Å²) in [6.45, 7) is 5.84. The van der Waals surface area contributed by atoms with Gasteiger partial charge in [-0.1, -0.05) is 6.07 Å². The summed E-state index contributed by atoms with van der Waals surface area (Å²) in [6.07, 6.45) is 3.19. The molecule has 1 amide bonds. The van der Waals surface area contributed by atoms with E-state index in [0.717, 1.165) is 27.9 Å². The van der Waals surface area contributed by atoms with E-state index in [4.69, 9.17) is 9.15 Å². The van der Waals surface area contributed by atoms with Gasteiger partial charge in [0.15, 0.2) is 6.10 Å². The van der Waals surface area contributed by atoms with Gasteiger partial charge in [-0.3, -0.25) is 4.79 Å². The fourth-order valence-corrected chi connectivity index (χ4v) is 3.19. The molecule has 0 saturated heterocycles. The van der Waals surface area contributed by atoms with Gasteiger partial charge in [0.05, 0.1) is 12.2 Å². The Morgan fingerprint density at radius 1 is 1.21 bits per heavy atom. The van der Waals surface area contributed by atoms with Crippen LogP contribution in [0.15, 0.2) is 58.0 Å². The maximum atomic E-state index is 12.4. The van der Waals surface area contributed by atoms with Gasteiger partial charge in [0.1, 0.15) is 17.0 Å². The summed E-state index contributed by atoms with van der Waals surface area (Å²) < 4.78 is 12.9. The number of hydrogen-bond donors (Lipinski definition) is 1. The predicted molar refractivity (Wildman–Crippen MR) is 109 cm³/mol. The van der Waals surface area contributed by atoms with Crippen LogP contribution in [-0.2, 0) is 11.3 Å². The highest BCUT2D eigenvalue weighted by Crippen LogP contribution is 2.23. The summed E-state index contributed by atoms with van der Waals surface area (Å²) in [4.78, 5) is 28.4. The summed E-state index contributed by atoms with van der Waals surface area (Å²) >= 11 is 0. The lowest BCUT2D eigenvalue weighted by Crippen LogP contribution is -2.36. The van der Waals surface area contributed by atoms with E-state index < -0.39 is 11.7 Å². The Balaban J connectivity index is 1.42. The zero-order chi connectivity index (χ0) is 20.5. The van der Waals surface area contributed by atoms with E-state index >= 15 is 0 Å². The fourth-order valence-electron chi connectivity index (χ4n) is 3.19. The highest BCUT2D eigenvalue weighted by atomic mass is 16.5. The molecule has 1 unspecified atom stereocenters. The van der Waals surface area contributed by atoms with E-state index in [9.17, 15) is 9.59 Å². The van der Waals surface area contributed by atoms with Crippen LogP contribution in [0.2, 0.25) is 0 Å². The lowest BCUT2D eigenvalue weighted by Gasteiger charge is -2.15. The van der Waals surface area contributed by atoms with Gasteiger partial charge in [-0.05, 0) is 56.2 Å². The van der Waals surface area contributed by atoms with E-state index in [2.05, 4.69) is 10.3 Å². The average Bonchev–Trinajstić information content (AvgIpc) is 3.08. The highest BCUT2D eigenvalue weighted by molar-refractivity contribution is 5.83. The molecule has 0 fully saturated rings. The number of aryl methyl sites for hydroxylation is 2. The molecule has 4 aromatic rings. The third kappa shape index (κ3) is 3.99. The minimum absolute atomic E-state index is 0.241. The summed E-state index contributed by atoms with van der Waals surface area (Å²) in [5.41, 5.74) is 3.63.